The number of rotatable bonds is 11. The van der Waals surface area contributed by atoms with E-state index in [-0.39, 0.29) is 11.4 Å². The van der Waals surface area contributed by atoms with Gasteiger partial charge in [-0.1, -0.05) is 0 Å². The summed E-state index contributed by atoms with van der Waals surface area (Å²) in [6.45, 7) is 1.35. The van der Waals surface area contributed by atoms with E-state index >= 15 is 0 Å². The molecular formula is C26H27FN4O8S. The molecule has 14 heteroatoms. The summed E-state index contributed by atoms with van der Waals surface area (Å²) in [5.41, 5.74) is 1.50. The standard InChI is InChI=1S/C22H21FN4O4S.C4H6O4/c1-26-15(5-3-4-10-30-2)13-25-22(26)20-12-17-21(32-20)19(8-9-24-17)31-18-7-6-14(27(28)29)11-16(18)23;1-3(5)8-2-4(6)7/h6-9,11-13H,3-5,10H2,1-2H3;2H2,1H3,(H,6,7). The van der Waals surface area contributed by atoms with Gasteiger partial charge in [0, 0.05) is 57.9 Å². The maximum Gasteiger partial charge on any atom is 0.341 e. The van der Waals surface area contributed by atoms with Crippen LogP contribution in [0.2, 0.25) is 0 Å². The highest BCUT2D eigenvalue weighted by molar-refractivity contribution is 7.22. The molecule has 0 spiro atoms. The molecule has 0 unspecified atom stereocenters. The number of carbonyl (C=O) groups is 2. The molecule has 3 heterocycles. The van der Waals surface area contributed by atoms with Gasteiger partial charge in [0.15, 0.2) is 18.2 Å². The predicted octanol–water partition coefficient (Wildman–Crippen LogP) is 5.14. The number of nitro benzene ring substituents is 1. The first-order chi connectivity index (χ1) is 19.1. The highest BCUT2D eigenvalue weighted by Gasteiger charge is 2.17. The minimum atomic E-state index is -1.14. The molecular weight excluding hydrogens is 547 g/mol. The number of aromatic nitrogens is 3. The second kappa shape index (κ2) is 14.1. The summed E-state index contributed by atoms with van der Waals surface area (Å²) < 4.78 is 32.0. The molecule has 0 aliphatic rings. The SMILES string of the molecule is CC(=O)OCC(=O)O.COCCCCc1cnc(-c2cc3nccc(Oc4ccc([N+](=O)[O-])cc4F)c3s2)n1C. The fraction of sp³-hybridized carbons (Fsp3) is 0.308. The third-order valence-corrected chi connectivity index (χ3v) is 6.59. The van der Waals surface area contributed by atoms with E-state index in [9.17, 15) is 24.1 Å². The van der Waals surface area contributed by atoms with Crippen LogP contribution in [-0.2, 0) is 32.5 Å². The molecule has 0 aliphatic heterocycles. The molecule has 0 radical (unpaired) electrons. The van der Waals surface area contributed by atoms with E-state index in [0.29, 0.717) is 11.3 Å². The van der Waals surface area contributed by atoms with Crippen molar-refractivity contribution in [3.8, 4) is 22.2 Å². The van der Waals surface area contributed by atoms with Crippen LogP contribution >= 0.6 is 11.3 Å². The van der Waals surface area contributed by atoms with Gasteiger partial charge in [-0.05, 0) is 31.4 Å². The molecule has 4 aromatic rings. The third kappa shape index (κ3) is 8.04. The number of nitro groups is 1. The van der Waals surface area contributed by atoms with Crippen molar-refractivity contribution in [3.05, 3.63) is 64.4 Å². The van der Waals surface area contributed by atoms with Crippen LogP contribution in [0.25, 0.3) is 20.9 Å². The molecule has 212 valence electrons. The van der Waals surface area contributed by atoms with Gasteiger partial charge in [0.25, 0.3) is 5.69 Å². The number of halogens is 1. The van der Waals surface area contributed by atoms with Gasteiger partial charge in [-0.2, -0.15) is 0 Å². The van der Waals surface area contributed by atoms with Crippen molar-refractivity contribution in [1.29, 1.82) is 0 Å². The van der Waals surface area contributed by atoms with Gasteiger partial charge in [0.05, 0.1) is 26.1 Å². The first kappa shape index (κ1) is 30.1. The number of carboxylic acid groups (broad SMARTS) is 1. The lowest BCUT2D eigenvalue weighted by Crippen LogP contribution is -2.09. The van der Waals surface area contributed by atoms with Crippen LogP contribution in [0.15, 0.2) is 42.7 Å². The Hall–Kier alpha value is -4.43. The third-order valence-electron chi connectivity index (χ3n) is 5.46. The minimum Gasteiger partial charge on any atom is -0.479 e. The fourth-order valence-corrected chi connectivity index (χ4v) is 4.63. The Morgan fingerprint density at radius 2 is 1.95 bits per heavy atom. The van der Waals surface area contributed by atoms with Crippen LogP contribution in [0.3, 0.4) is 0 Å². The van der Waals surface area contributed by atoms with Crippen molar-refractivity contribution in [1.82, 2.24) is 14.5 Å². The Morgan fingerprint density at radius 1 is 1.18 bits per heavy atom. The lowest BCUT2D eigenvalue weighted by molar-refractivity contribution is -0.385. The van der Waals surface area contributed by atoms with E-state index < -0.39 is 29.3 Å². The Balaban J connectivity index is 0.000000482. The Bertz CT molecular complexity index is 1490. The fourth-order valence-electron chi connectivity index (χ4n) is 3.53. The van der Waals surface area contributed by atoms with Gasteiger partial charge in [-0.3, -0.25) is 19.9 Å². The van der Waals surface area contributed by atoms with Crippen LogP contribution in [0.5, 0.6) is 11.5 Å². The average molecular weight is 575 g/mol. The van der Waals surface area contributed by atoms with Gasteiger partial charge >= 0.3 is 11.9 Å². The lowest BCUT2D eigenvalue weighted by Gasteiger charge is -2.07. The summed E-state index contributed by atoms with van der Waals surface area (Å²) in [6.07, 6.45) is 6.37. The minimum absolute atomic E-state index is 0.0895. The number of pyridine rings is 1. The largest absolute Gasteiger partial charge is 0.479 e. The van der Waals surface area contributed by atoms with Crippen LogP contribution in [-0.4, -0.2) is 56.8 Å². The monoisotopic (exact) mass is 574 g/mol. The smallest absolute Gasteiger partial charge is 0.341 e. The molecule has 0 fully saturated rings. The number of ether oxygens (including phenoxy) is 3. The van der Waals surface area contributed by atoms with Crippen molar-refractivity contribution in [2.75, 3.05) is 20.3 Å². The topological polar surface area (TPSA) is 156 Å². The van der Waals surface area contributed by atoms with E-state index in [1.165, 1.54) is 23.5 Å². The molecule has 0 saturated heterocycles. The molecule has 0 amide bonds. The van der Waals surface area contributed by atoms with Crippen LogP contribution in [0.1, 0.15) is 25.5 Å². The summed E-state index contributed by atoms with van der Waals surface area (Å²) in [7, 11) is 3.68. The number of aliphatic carboxylic acids is 1. The Morgan fingerprint density at radius 3 is 2.58 bits per heavy atom. The van der Waals surface area contributed by atoms with Gasteiger partial charge in [0.2, 0.25) is 0 Å². The van der Waals surface area contributed by atoms with E-state index in [2.05, 4.69) is 19.3 Å². The summed E-state index contributed by atoms with van der Waals surface area (Å²) in [6, 6.07) is 6.87. The second-order valence-electron chi connectivity index (χ2n) is 8.36. The number of thiophene rings is 1. The number of non-ortho nitro benzene ring substituents is 1. The number of hydrogen-bond donors (Lipinski definition) is 1. The normalized spacial score (nSPS) is 10.6. The van der Waals surface area contributed by atoms with Crippen LogP contribution in [0, 0.1) is 15.9 Å². The highest BCUT2D eigenvalue weighted by Crippen LogP contribution is 2.39. The van der Waals surface area contributed by atoms with Crippen molar-refractivity contribution in [3.63, 3.8) is 0 Å². The number of carboxylic acids is 1. The summed E-state index contributed by atoms with van der Waals surface area (Å²) in [5.74, 6) is -1.36. The van der Waals surface area contributed by atoms with Crippen molar-refractivity contribution >= 4 is 39.2 Å². The molecule has 0 bridgehead atoms. The number of aryl methyl sites for hydroxylation is 1. The molecule has 1 aromatic carbocycles. The van der Waals surface area contributed by atoms with Crippen molar-refractivity contribution < 1.29 is 38.2 Å². The van der Waals surface area contributed by atoms with E-state index in [0.717, 1.165) is 60.0 Å². The van der Waals surface area contributed by atoms with Gasteiger partial charge < -0.3 is 23.9 Å². The molecule has 0 saturated carbocycles. The molecule has 4 rings (SSSR count). The summed E-state index contributed by atoms with van der Waals surface area (Å²) in [5, 5.41) is 18.7. The number of fused-ring (bicyclic) bond motifs is 1. The predicted molar refractivity (Wildman–Crippen MR) is 144 cm³/mol. The summed E-state index contributed by atoms with van der Waals surface area (Å²) in [4.78, 5) is 39.6. The number of carbonyl (C=O) groups excluding carboxylic acids is 1. The molecule has 1 N–H and O–H groups in total. The number of esters is 1. The Labute approximate surface area is 232 Å². The molecule has 12 nitrogen and oxygen atoms in total. The Kier molecular flexibility index (Phi) is 10.6. The molecule has 0 aliphatic carbocycles. The second-order valence-corrected chi connectivity index (χ2v) is 9.42. The number of unbranched alkanes of at least 4 members (excludes halogenated alkanes) is 1. The number of nitrogens with zero attached hydrogens (tertiary/aromatic N) is 4. The van der Waals surface area contributed by atoms with Gasteiger partial charge in [-0.25, -0.2) is 14.2 Å². The van der Waals surface area contributed by atoms with Gasteiger partial charge in [-0.15, -0.1) is 11.3 Å². The zero-order valence-corrected chi connectivity index (χ0v) is 22.8. The zero-order valence-electron chi connectivity index (χ0n) is 22.0. The van der Waals surface area contributed by atoms with E-state index in [4.69, 9.17) is 14.6 Å². The zero-order chi connectivity index (χ0) is 29.2. The summed E-state index contributed by atoms with van der Waals surface area (Å²) >= 11 is 1.45. The van der Waals surface area contributed by atoms with E-state index in [1.54, 1.807) is 19.4 Å². The van der Waals surface area contributed by atoms with Crippen LogP contribution < -0.4 is 4.74 Å². The number of benzene rings is 1. The number of imidazole rings is 1. The van der Waals surface area contributed by atoms with Gasteiger partial charge in [0.1, 0.15) is 11.6 Å². The molecule has 40 heavy (non-hydrogen) atoms. The maximum atomic E-state index is 14.3. The lowest BCUT2D eigenvalue weighted by atomic mass is 10.2. The number of methoxy groups -OCH3 is 1. The average Bonchev–Trinajstić information content (AvgIpc) is 3.50. The van der Waals surface area contributed by atoms with Crippen LogP contribution in [0.4, 0.5) is 10.1 Å². The van der Waals surface area contributed by atoms with Crippen molar-refractivity contribution in [2.45, 2.75) is 26.2 Å². The molecule has 0 atom stereocenters. The quantitative estimate of drug-likeness (QED) is 0.110. The maximum absolute atomic E-state index is 14.3. The van der Waals surface area contributed by atoms with E-state index in [1.807, 2.05) is 19.3 Å². The number of hydrogen-bond acceptors (Lipinski definition) is 10. The first-order valence-corrected chi connectivity index (χ1v) is 12.8. The highest BCUT2D eigenvalue weighted by atomic mass is 32.1. The van der Waals surface area contributed by atoms with Crippen molar-refractivity contribution in [2.24, 2.45) is 7.05 Å². The first-order valence-electron chi connectivity index (χ1n) is 12.0. The molecule has 3 aromatic heterocycles.